The normalized spacial score (nSPS) is 18.4. The second-order valence-electron chi connectivity index (χ2n) is 3.95. The summed E-state index contributed by atoms with van der Waals surface area (Å²) in [4.78, 5) is 22.3. The van der Waals surface area contributed by atoms with Crippen LogP contribution in [0.25, 0.3) is 0 Å². The van der Waals surface area contributed by atoms with Gasteiger partial charge in [-0.1, -0.05) is 0 Å². The number of carbonyl (C=O) groups excluding carboxylic acids is 2. The van der Waals surface area contributed by atoms with Gasteiger partial charge in [0, 0.05) is 19.3 Å². The minimum atomic E-state index is -0.624. The fourth-order valence-electron chi connectivity index (χ4n) is 1.54. The minimum absolute atomic E-state index is 0.0331. The van der Waals surface area contributed by atoms with Gasteiger partial charge in [-0.05, 0) is 6.92 Å². The highest BCUT2D eigenvalue weighted by atomic mass is 16.7. The zero-order valence-corrected chi connectivity index (χ0v) is 9.78. The lowest BCUT2D eigenvalue weighted by Crippen LogP contribution is -2.26. The van der Waals surface area contributed by atoms with E-state index >= 15 is 0 Å². The summed E-state index contributed by atoms with van der Waals surface area (Å²) in [6.07, 6.45) is 1.27. The average molecular weight is 230 g/mol. The van der Waals surface area contributed by atoms with Gasteiger partial charge in [-0.25, -0.2) is 0 Å². The molecule has 0 bridgehead atoms. The summed E-state index contributed by atoms with van der Waals surface area (Å²) in [6.45, 7) is 2.98. The predicted molar refractivity (Wildman–Crippen MR) is 55.8 cm³/mol. The van der Waals surface area contributed by atoms with E-state index in [0.717, 1.165) is 0 Å². The molecule has 1 aliphatic heterocycles. The van der Waals surface area contributed by atoms with Crippen LogP contribution in [0.4, 0.5) is 0 Å². The first kappa shape index (κ1) is 13.1. The zero-order valence-electron chi connectivity index (χ0n) is 9.78. The number of hydrogen-bond acceptors (Lipinski definition) is 5. The number of rotatable bonds is 6. The van der Waals surface area contributed by atoms with Crippen LogP contribution in [0.1, 0.15) is 32.6 Å². The Labute approximate surface area is 95.0 Å². The van der Waals surface area contributed by atoms with Gasteiger partial charge in [0.2, 0.25) is 0 Å². The van der Waals surface area contributed by atoms with Crippen molar-refractivity contribution in [3.8, 4) is 0 Å². The number of Topliss-reactive ketones (excluding diaryl/α,β-unsaturated/α-hetero) is 1. The Balaban J connectivity index is 2.17. The Morgan fingerprint density at radius 1 is 1.19 bits per heavy atom. The molecular weight excluding hydrogens is 212 g/mol. The maximum Gasteiger partial charge on any atom is 0.305 e. The number of esters is 1. The third kappa shape index (κ3) is 4.28. The van der Waals surface area contributed by atoms with Crippen molar-refractivity contribution < 1.29 is 23.8 Å². The number of ether oxygens (including phenoxy) is 3. The Bertz CT molecular complexity index is 255. The summed E-state index contributed by atoms with van der Waals surface area (Å²) >= 11 is 0. The molecule has 0 saturated carbocycles. The maximum absolute atomic E-state index is 11.4. The lowest BCUT2D eigenvalue weighted by molar-refractivity contribution is -0.152. The molecule has 0 N–H and O–H groups in total. The molecule has 0 spiro atoms. The van der Waals surface area contributed by atoms with Crippen molar-refractivity contribution in [3.05, 3.63) is 0 Å². The molecule has 0 atom stereocenters. The Morgan fingerprint density at radius 2 is 1.81 bits per heavy atom. The van der Waals surface area contributed by atoms with Crippen molar-refractivity contribution in [2.24, 2.45) is 0 Å². The van der Waals surface area contributed by atoms with Gasteiger partial charge >= 0.3 is 5.97 Å². The van der Waals surface area contributed by atoms with Crippen molar-refractivity contribution in [1.82, 2.24) is 0 Å². The molecule has 0 radical (unpaired) electrons. The summed E-state index contributed by atoms with van der Waals surface area (Å²) in [5.74, 6) is -0.945. The van der Waals surface area contributed by atoms with Gasteiger partial charge in [0.05, 0.1) is 26.7 Å². The lowest BCUT2D eigenvalue weighted by atomic mass is 10.1. The van der Waals surface area contributed by atoms with Gasteiger partial charge in [-0.2, -0.15) is 0 Å². The molecule has 1 rings (SSSR count). The molecule has 0 aromatic carbocycles. The number of methoxy groups -OCH3 is 1. The van der Waals surface area contributed by atoms with Crippen LogP contribution in [-0.2, 0) is 23.8 Å². The molecule has 16 heavy (non-hydrogen) atoms. The molecule has 0 aromatic heterocycles. The molecule has 0 aliphatic carbocycles. The number of carbonyl (C=O) groups is 2. The first-order valence-electron chi connectivity index (χ1n) is 5.42. The van der Waals surface area contributed by atoms with Crippen LogP contribution in [0.15, 0.2) is 0 Å². The van der Waals surface area contributed by atoms with Gasteiger partial charge < -0.3 is 14.2 Å². The van der Waals surface area contributed by atoms with E-state index in [1.807, 2.05) is 6.92 Å². The quantitative estimate of drug-likeness (QED) is 0.638. The SMILES string of the molecule is COC(=O)CCC(=O)CCC1(C)OCCO1. The maximum atomic E-state index is 11.4. The van der Waals surface area contributed by atoms with E-state index in [2.05, 4.69) is 4.74 Å². The highest BCUT2D eigenvalue weighted by Crippen LogP contribution is 2.24. The van der Waals surface area contributed by atoms with E-state index < -0.39 is 5.79 Å². The topological polar surface area (TPSA) is 61.8 Å². The summed E-state index contributed by atoms with van der Waals surface area (Å²) in [7, 11) is 1.31. The fraction of sp³-hybridized carbons (Fsp3) is 0.818. The Morgan fingerprint density at radius 3 is 2.38 bits per heavy atom. The number of hydrogen-bond donors (Lipinski definition) is 0. The molecule has 5 heteroatoms. The van der Waals surface area contributed by atoms with Crippen molar-refractivity contribution in [2.45, 2.75) is 38.4 Å². The third-order valence-electron chi connectivity index (χ3n) is 2.59. The lowest BCUT2D eigenvalue weighted by Gasteiger charge is -2.21. The van der Waals surface area contributed by atoms with Crippen molar-refractivity contribution >= 4 is 11.8 Å². The molecule has 1 saturated heterocycles. The highest BCUT2D eigenvalue weighted by Gasteiger charge is 2.31. The van der Waals surface area contributed by atoms with Crippen molar-refractivity contribution in [2.75, 3.05) is 20.3 Å². The first-order valence-corrected chi connectivity index (χ1v) is 5.42. The van der Waals surface area contributed by atoms with Crippen LogP contribution in [0.2, 0.25) is 0 Å². The second kappa shape index (κ2) is 5.96. The molecule has 1 heterocycles. The monoisotopic (exact) mass is 230 g/mol. The Kier molecular flexibility index (Phi) is 4.89. The molecule has 1 aliphatic rings. The molecule has 0 unspecified atom stereocenters. The van der Waals surface area contributed by atoms with Crippen LogP contribution in [0.5, 0.6) is 0 Å². The zero-order chi connectivity index (χ0) is 12.0. The van der Waals surface area contributed by atoms with E-state index in [1.165, 1.54) is 7.11 Å². The van der Waals surface area contributed by atoms with E-state index in [1.54, 1.807) is 0 Å². The molecular formula is C11H18O5. The van der Waals surface area contributed by atoms with E-state index in [9.17, 15) is 9.59 Å². The van der Waals surface area contributed by atoms with Gasteiger partial charge in [0.25, 0.3) is 0 Å². The smallest absolute Gasteiger partial charge is 0.305 e. The first-order chi connectivity index (χ1) is 7.56. The van der Waals surface area contributed by atoms with Gasteiger partial charge in [-0.15, -0.1) is 0 Å². The molecule has 0 amide bonds. The van der Waals surface area contributed by atoms with Crippen LogP contribution < -0.4 is 0 Å². The van der Waals surface area contributed by atoms with Crippen LogP contribution >= 0.6 is 0 Å². The molecule has 5 nitrogen and oxygen atoms in total. The van der Waals surface area contributed by atoms with E-state index in [0.29, 0.717) is 26.1 Å². The van der Waals surface area contributed by atoms with Gasteiger partial charge in [0.15, 0.2) is 5.79 Å². The predicted octanol–water partition coefficient (Wildman–Crippen LogP) is 1.05. The summed E-state index contributed by atoms with van der Waals surface area (Å²) in [5, 5.41) is 0. The average Bonchev–Trinajstić information content (AvgIpc) is 2.71. The van der Waals surface area contributed by atoms with Crippen LogP contribution in [0, 0.1) is 0 Å². The standard InChI is InChI=1S/C11H18O5/c1-11(15-7-8-16-11)6-5-9(12)3-4-10(13)14-2/h3-8H2,1-2H3. The molecule has 0 aromatic rings. The summed E-state index contributed by atoms with van der Waals surface area (Å²) in [5.41, 5.74) is 0. The summed E-state index contributed by atoms with van der Waals surface area (Å²) in [6, 6.07) is 0. The summed E-state index contributed by atoms with van der Waals surface area (Å²) < 4.78 is 15.2. The molecule has 92 valence electrons. The van der Waals surface area contributed by atoms with Crippen LogP contribution in [0.3, 0.4) is 0 Å². The van der Waals surface area contributed by atoms with Crippen molar-refractivity contribution in [1.29, 1.82) is 0 Å². The van der Waals surface area contributed by atoms with E-state index in [4.69, 9.17) is 9.47 Å². The third-order valence-corrected chi connectivity index (χ3v) is 2.59. The van der Waals surface area contributed by atoms with Gasteiger partial charge in [-0.3, -0.25) is 9.59 Å². The minimum Gasteiger partial charge on any atom is -0.469 e. The second-order valence-corrected chi connectivity index (χ2v) is 3.95. The number of ketones is 1. The van der Waals surface area contributed by atoms with E-state index in [-0.39, 0.29) is 24.6 Å². The van der Waals surface area contributed by atoms with Crippen LogP contribution in [-0.4, -0.2) is 37.9 Å². The fourth-order valence-corrected chi connectivity index (χ4v) is 1.54. The largest absolute Gasteiger partial charge is 0.469 e. The van der Waals surface area contributed by atoms with Gasteiger partial charge in [0.1, 0.15) is 5.78 Å². The Hall–Kier alpha value is -0.940. The van der Waals surface area contributed by atoms with Crippen molar-refractivity contribution in [3.63, 3.8) is 0 Å². The highest BCUT2D eigenvalue weighted by molar-refractivity contribution is 5.82. The molecule has 1 fully saturated rings.